The predicted octanol–water partition coefficient (Wildman–Crippen LogP) is 2.33. The summed E-state index contributed by atoms with van der Waals surface area (Å²) in [7, 11) is 0. The van der Waals surface area contributed by atoms with E-state index in [0.29, 0.717) is 5.65 Å². The van der Waals surface area contributed by atoms with Gasteiger partial charge in [0, 0.05) is 12.4 Å². The van der Waals surface area contributed by atoms with Crippen LogP contribution in [0.15, 0.2) is 24.5 Å². The van der Waals surface area contributed by atoms with E-state index in [0.717, 1.165) is 5.56 Å². The number of nitrogens with zero attached hydrogens (tertiary/aromatic N) is 2. The second kappa shape index (κ2) is 3.33. The van der Waals surface area contributed by atoms with Gasteiger partial charge in [-0.2, -0.15) is 0 Å². The van der Waals surface area contributed by atoms with Crippen LogP contribution in [0.4, 0.5) is 0 Å². The van der Waals surface area contributed by atoms with E-state index in [2.05, 4.69) is 25.8 Å². The lowest BCUT2D eigenvalue weighted by molar-refractivity contribution is 0.0691. The minimum atomic E-state index is -0.999. The maximum Gasteiger partial charge on any atom is 0.356 e. The molecule has 0 atom stereocenters. The number of aromatic nitrogens is 2. The number of aromatic carboxylic acids is 1. The zero-order valence-corrected chi connectivity index (χ0v) is 9.56. The molecule has 0 saturated carbocycles. The lowest BCUT2D eigenvalue weighted by atomic mass is 9.88. The topological polar surface area (TPSA) is 54.6 Å². The molecule has 0 aliphatic carbocycles. The Morgan fingerprint density at radius 2 is 2.00 bits per heavy atom. The summed E-state index contributed by atoms with van der Waals surface area (Å²) in [5.41, 5.74) is 1.92. The Balaban J connectivity index is 2.58. The van der Waals surface area contributed by atoms with Crippen LogP contribution < -0.4 is 0 Å². The van der Waals surface area contributed by atoms with Gasteiger partial charge in [-0.05, 0) is 17.0 Å². The first-order valence-electron chi connectivity index (χ1n) is 5.10. The monoisotopic (exact) mass is 218 g/mol. The normalized spacial score (nSPS) is 11.9. The van der Waals surface area contributed by atoms with E-state index in [1.807, 2.05) is 18.3 Å². The van der Waals surface area contributed by atoms with Crippen LogP contribution in [0.25, 0.3) is 5.65 Å². The fourth-order valence-corrected chi connectivity index (χ4v) is 1.54. The van der Waals surface area contributed by atoms with Crippen LogP contribution in [-0.2, 0) is 5.41 Å². The number of carboxylic acid groups (broad SMARTS) is 1. The van der Waals surface area contributed by atoms with E-state index < -0.39 is 5.97 Å². The quantitative estimate of drug-likeness (QED) is 0.799. The number of carbonyl (C=O) groups is 1. The van der Waals surface area contributed by atoms with Crippen molar-refractivity contribution in [3.63, 3.8) is 0 Å². The highest BCUT2D eigenvalue weighted by Crippen LogP contribution is 2.22. The summed E-state index contributed by atoms with van der Waals surface area (Å²) >= 11 is 0. The third-order valence-electron chi connectivity index (χ3n) is 2.54. The lowest BCUT2D eigenvalue weighted by Crippen LogP contribution is -2.11. The largest absolute Gasteiger partial charge is 0.476 e. The molecule has 1 N–H and O–H groups in total. The van der Waals surface area contributed by atoms with E-state index in [4.69, 9.17) is 5.11 Å². The first kappa shape index (κ1) is 10.7. The third kappa shape index (κ3) is 1.78. The fraction of sp³-hybridized carbons (Fsp3) is 0.333. The molecular formula is C12H14N2O2. The van der Waals surface area contributed by atoms with Gasteiger partial charge in [-0.1, -0.05) is 26.8 Å². The summed E-state index contributed by atoms with van der Waals surface area (Å²) in [6.07, 6.45) is 3.46. The molecule has 2 aromatic rings. The highest BCUT2D eigenvalue weighted by molar-refractivity contribution is 5.86. The van der Waals surface area contributed by atoms with Crippen LogP contribution in [0.2, 0.25) is 0 Å². The molecule has 0 unspecified atom stereocenters. The van der Waals surface area contributed by atoms with Crippen LogP contribution in [0.1, 0.15) is 36.8 Å². The third-order valence-corrected chi connectivity index (χ3v) is 2.54. The summed E-state index contributed by atoms with van der Waals surface area (Å²) in [6, 6.07) is 3.82. The van der Waals surface area contributed by atoms with Crippen LogP contribution in [0, 0.1) is 0 Å². The van der Waals surface area contributed by atoms with Gasteiger partial charge in [0.05, 0.1) is 0 Å². The molecule has 4 nitrogen and oxygen atoms in total. The van der Waals surface area contributed by atoms with Crippen molar-refractivity contribution in [2.75, 3.05) is 0 Å². The van der Waals surface area contributed by atoms with Gasteiger partial charge in [0.2, 0.25) is 0 Å². The Labute approximate surface area is 93.5 Å². The van der Waals surface area contributed by atoms with Gasteiger partial charge in [-0.3, -0.25) is 0 Å². The van der Waals surface area contributed by atoms with Crippen molar-refractivity contribution in [1.29, 1.82) is 0 Å². The molecule has 0 fully saturated rings. The molecule has 2 aromatic heterocycles. The van der Waals surface area contributed by atoms with Gasteiger partial charge in [0.1, 0.15) is 5.65 Å². The summed E-state index contributed by atoms with van der Waals surface area (Å²) < 4.78 is 1.75. The molecule has 2 rings (SSSR count). The maximum absolute atomic E-state index is 10.8. The van der Waals surface area contributed by atoms with Crippen LogP contribution in [0.3, 0.4) is 0 Å². The van der Waals surface area contributed by atoms with Crippen LogP contribution in [0.5, 0.6) is 0 Å². The minimum absolute atomic E-state index is 0.0435. The Morgan fingerprint density at radius 1 is 1.31 bits per heavy atom. The van der Waals surface area contributed by atoms with E-state index in [-0.39, 0.29) is 11.1 Å². The number of rotatable bonds is 1. The standard InChI is InChI=1S/C12H14N2O2/c1-12(2,3)8-4-5-10-13-9(11(15)16)7-14(10)6-8/h4-7H,1-3H3,(H,15,16). The fourth-order valence-electron chi connectivity index (χ4n) is 1.54. The van der Waals surface area contributed by atoms with Crippen molar-refractivity contribution in [1.82, 2.24) is 9.38 Å². The molecule has 16 heavy (non-hydrogen) atoms. The molecule has 84 valence electrons. The SMILES string of the molecule is CC(C)(C)c1ccc2nc(C(=O)O)cn2c1. The van der Waals surface area contributed by atoms with Crippen LogP contribution in [-0.4, -0.2) is 20.5 Å². The summed E-state index contributed by atoms with van der Waals surface area (Å²) in [6.45, 7) is 6.34. The van der Waals surface area contributed by atoms with Gasteiger partial charge in [-0.25, -0.2) is 9.78 Å². The van der Waals surface area contributed by atoms with E-state index in [9.17, 15) is 4.79 Å². The van der Waals surface area contributed by atoms with Crippen molar-refractivity contribution >= 4 is 11.6 Å². The molecule has 0 saturated heterocycles. The highest BCUT2D eigenvalue weighted by atomic mass is 16.4. The number of pyridine rings is 1. The van der Waals surface area contributed by atoms with Crippen molar-refractivity contribution in [3.05, 3.63) is 35.8 Å². The van der Waals surface area contributed by atoms with Gasteiger partial charge in [0.15, 0.2) is 5.69 Å². The number of carboxylic acids is 1. The van der Waals surface area contributed by atoms with Crippen molar-refractivity contribution in [2.24, 2.45) is 0 Å². The number of imidazole rings is 1. The Morgan fingerprint density at radius 3 is 2.56 bits per heavy atom. The first-order valence-corrected chi connectivity index (χ1v) is 5.10. The number of hydrogen-bond donors (Lipinski definition) is 1. The second-order valence-electron chi connectivity index (χ2n) is 4.86. The zero-order valence-electron chi connectivity index (χ0n) is 9.56. The second-order valence-corrected chi connectivity index (χ2v) is 4.86. The molecule has 4 heteroatoms. The predicted molar refractivity (Wildman–Crippen MR) is 60.9 cm³/mol. The van der Waals surface area contributed by atoms with Gasteiger partial charge in [-0.15, -0.1) is 0 Å². The maximum atomic E-state index is 10.8. The molecule has 0 spiro atoms. The van der Waals surface area contributed by atoms with Gasteiger partial charge >= 0.3 is 5.97 Å². The lowest BCUT2D eigenvalue weighted by Gasteiger charge is -2.18. The summed E-state index contributed by atoms with van der Waals surface area (Å²) in [5.74, 6) is -0.999. The van der Waals surface area contributed by atoms with Crippen molar-refractivity contribution < 1.29 is 9.90 Å². The average molecular weight is 218 g/mol. The highest BCUT2D eigenvalue weighted by Gasteiger charge is 2.15. The van der Waals surface area contributed by atoms with E-state index >= 15 is 0 Å². The van der Waals surface area contributed by atoms with Gasteiger partial charge in [0.25, 0.3) is 0 Å². The zero-order chi connectivity index (χ0) is 11.9. The Bertz CT molecular complexity index is 550. The molecular weight excluding hydrogens is 204 g/mol. The smallest absolute Gasteiger partial charge is 0.356 e. The minimum Gasteiger partial charge on any atom is -0.476 e. The first-order chi connectivity index (χ1) is 7.38. The van der Waals surface area contributed by atoms with E-state index in [1.165, 1.54) is 6.20 Å². The molecule has 0 bridgehead atoms. The average Bonchev–Trinajstić information content (AvgIpc) is 2.58. The molecule has 0 radical (unpaired) electrons. The van der Waals surface area contributed by atoms with Crippen molar-refractivity contribution in [2.45, 2.75) is 26.2 Å². The molecule has 0 amide bonds. The van der Waals surface area contributed by atoms with E-state index in [1.54, 1.807) is 4.40 Å². The van der Waals surface area contributed by atoms with Gasteiger partial charge < -0.3 is 9.51 Å². The van der Waals surface area contributed by atoms with Crippen LogP contribution >= 0.6 is 0 Å². The molecule has 0 aliphatic heterocycles. The Hall–Kier alpha value is -1.84. The number of fused-ring (bicyclic) bond motifs is 1. The summed E-state index contributed by atoms with van der Waals surface area (Å²) in [5, 5.41) is 8.84. The van der Waals surface area contributed by atoms with Crippen molar-refractivity contribution in [3.8, 4) is 0 Å². The summed E-state index contributed by atoms with van der Waals surface area (Å²) in [4.78, 5) is 14.8. The molecule has 0 aromatic carbocycles. The Kier molecular flexibility index (Phi) is 2.22. The molecule has 2 heterocycles. The number of hydrogen-bond acceptors (Lipinski definition) is 2. The molecule has 0 aliphatic rings.